The molecule has 1 aromatic carbocycles. The minimum atomic E-state index is -1.20. The van der Waals surface area contributed by atoms with Gasteiger partial charge >= 0.3 is 0 Å². The van der Waals surface area contributed by atoms with Gasteiger partial charge in [0.15, 0.2) is 0 Å². The van der Waals surface area contributed by atoms with Crippen LogP contribution in [0.3, 0.4) is 0 Å². The lowest BCUT2D eigenvalue weighted by atomic mass is 9.92. The van der Waals surface area contributed by atoms with Gasteiger partial charge in [-0.05, 0) is 19.4 Å². The van der Waals surface area contributed by atoms with Crippen LogP contribution in [-0.2, 0) is 10.4 Å². The first-order chi connectivity index (χ1) is 8.45. The van der Waals surface area contributed by atoms with E-state index in [1.807, 2.05) is 24.3 Å². The molecule has 96 valence electrons. The molecule has 1 aromatic rings. The lowest BCUT2D eigenvalue weighted by Gasteiger charge is -2.24. The second-order valence-electron chi connectivity index (χ2n) is 4.65. The summed E-state index contributed by atoms with van der Waals surface area (Å²) in [6, 6.07) is 10.9. The SMILES string of the molecule is CC(CC#N)NC(=O)CC(C)(O)c1ccccc1. The topological polar surface area (TPSA) is 73.1 Å². The van der Waals surface area contributed by atoms with Gasteiger partial charge < -0.3 is 10.4 Å². The number of aliphatic hydroxyl groups is 1. The average Bonchev–Trinajstić information content (AvgIpc) is 2.29. The summed E-state index contributed by atoms with van der Waals surface area (Å²) < 4.78 is 0. The van der Waals surface area contributed by atoms with Gasteiger partial charge in [0, 0.05) is 6.04 Å². The average molecular weight is 246 g/mol. The van der Waals surface area contributed by atoms with Crippen LogP contribution in [0.2, 0.25) is 0 Å². The van der Waals surface area contributed by atoms with E-state index in [0.29, 0.717) is 5.56 Å². The molecule has 1 rings (SSSR count). The molecular weight excluding hydrogens is 228 g/mol. The molecule has 2 atom stereocenters. The van der Waals surface area contributed by atoms with Crippen LogP contribution in [0.5, 0.6) is 0 Å². The molecule has 4 nitrogen and oxygen atoms in total. The van der Waals surface area contributed by atoms with Crippen molar-refractivity contribution in [2.75, 3.05) is 0 Å². The van der Waals surface area contributed by atoms with Crippen molar-refractivity contribution in [2.24, 2.45) is 0 Å². The van der Waals surface area contributed by atoms with Gasteiger partial charge in [0.25, 0.3) is 0 Å². The van der Waals surface area contributed by atoms with Crippen molar-refractivity contribution in [3.8, 4) is 6.07 Å². The summed E-state index contributed by atoms with van der Waals surface area (Å²) in [6.07, 6.45) is 0.242. The molecule has 0 aliphatic rings. The zero-order valence-corrected chi connectivity index (χ0v) is 10.7. The van der Waals surface area contributed by atoms with Gasteiger partial charge in [-0.15, -0.1) is 0 Å². The van der Waals surface area contributed by atoms with Gasteiger partial charge in [-0.2, -0.15) is 5.26 Å². The molecule has 0 aliphatic heterocycles. The van der Waals surface area contributed by atoms with E-state index in [1.54, 1.807) is 26.0 Å². The molecule has 0 spiro atoms. The van der Waals surface area contributed by atoms with E-state index in [-0.39, 0.29) is 24.8 Å². The van der Waals surface area contributed by atoms with Crippen molar-refractivity contribution in [1.82, 2.24) is 5.32 Å². The normalized spacial score (nSPS) is 15.2. The van der Waals surface area contributed by atoms with Crippen molar-refractivity contribution < 1.29 is 9.90 Å². The zero-order chi connectivity index (χ0) is 13.6. The second-order valence-corrected chi connectivity index (χ2v) is 4.65. The van der Waals surface area contributed by atoms with Crippen LogP contribution < -0.4 is 5.32 Å². The van der Waals surface area contributed by atoms with E-state index in [9.17, 15) is 9.90 Å². The standard InChI is InChI=1S/C14H18N2O2/c1-11(8-9-15)16-13(17)10-14(2,18)12-6-4-3-5-7-12/h3-7,11,18H,8,10H2,1-2H3,(H,16,17). The predicted molar refractivity (Wildman–Crippen MR) is 68.5 cm³/mol. The number of carbonyl (C=O) groups excluding carboxylic acids is 1. The van der Waals surface area contributed by atoms with Crippen molar-refractivity contribution >= 4 is 5.91 Å². The number of nitrogens with one attached hydrogen (secondary N) is 1. The summed E-state index contributed by atoms with van der Waals surface area (Å²) >= 11 is 0. The first kappa shape index (κ1) is 14.2. The van der Waals surface area contributed by atoms with Crippen molar-refractivity contribution in [3.05, 3.63) is 35.9 Å². The Balaban J connectivity index is 2.61. The Hall–Kier alpha value is -1.86. The van der Waals surface area contributed by atoms with E-state index >= 15 is 0 Å². The predicted octanol–water partition coefficient (Wildman–Crippen LogP) is 1.70. The fourth-order valence-electron chi connectivity index (χ4n) is 1.73. The third kappa shape index (κ3) is 4.19. The van der Waals surface area contributed by atoms with E-state index < -0.39 is 5.60 Å². The third-order valence-electron chi connectivity index (χ3n) is 2.71. The molecule has 1 amide bonds. The minimum Gasteiger partial charge on any atom is -0.385 e. The molecule has 0 aromatic heterocycles. The van der Waals surface area contributed by atoms with Gasteiger partial charge in [0.1, 0.15) is 0 Å². The highest BCUT2D eigenvalue weighted by Crippen LogP contribution is 2.23. The van der Waals surface area contributed by atoms with Crippen LogP contribution >= 0.6 is 0 Å². The maximum atomic E-state index is 11.7. The van der Waals surface area contributed by atoms with Crippen molar-refractivity contribution in [2.45, 2.75) is 38.3 Å². The van der Waals surface area contributed by atoms with E-state index in [0.717, 1.165) is 0 Å². The van der Waals surface area contributed by atoms with Gasteiger partial charge in [-0.25, -0.2) is 0 Å². The molecule has 2 N–H and O–H groups in total. The van der Waals surface area contributed by atoms with E-state index in [1.165, 1.54) is 0 Å². The second kappa shape index (κ2) is 6.18. The number of nitrogens with zero attached hydrogens (tertiary/aromatic N) is 1. The molecule has 0 saturated heterocycles. The Bertz CT molecular complexity index is 435. The molecule has 0 saturated carbocycles. The number of hydrogen-bond donors (Lipinski definition) is 2. The summed E-state index contributed by atoms with van der Waals surface area (Å²) in [6.45, 7) is 3.37. The van der Waals surface area contributed by atoms with Crippen LogP contribution in [0.25, 0.3) is 0 Å². The molecule has 4 heteroatoms. The van der Waals surface area contributed by atoms with Crippen LogP contribution in [0.4, 0.5) is 0 Å². The van der Waals surface area contributed by atoms with Gasteiger partial charge in [0.2, 0.25) is 5.91 Å². The minimum absolute atomic E-state index is 0.0210. The maximum Gasteiger partial charge on any atom is 0.223 e. The summed E-state index contributed by atoms with van der Waals surface area (Å²) in [5.41, 5.74) is -0.495. The van der Waals surface area contributed by atoms with Crippen LogP contribution in [0, 0.1) is 11.3 Å². The Morgan fingerprint density at radius 3 is 2.67 bits per heavy atom. The van der Waals surface area contributed by atoms with Crippen LogP contribution in [-0.4, -0.2) is 17.1 Å². The molecule has 0 fully saturated rings. The van der Waals surface area contributed by atoms with Crippen molar-refractivity contribution in [3.63, 3.8) is 0 Å². The quantitative estimate of drug-likeness (QED) is 0.830. The number of rotatable bonds is 5. The third-order valence-corrected chi connectivity index (χ3v) is 2.71. The van der Waals surface area contributed by atoms with Crippen LogP contribution in [0.1, 0.15) is 32.3 Å². The molecule has 0 radical (unpaired) electrons. The highest BCUT2D eigenvalue weighted by molar-refractivity contribution is 5.77. The fraction of sp³-hybridized carbons (Fsp3) is 0.429. The van der Waals surface area contributed by atoms with Gasteiger partial charge in [-0.1, -0.05) is 30.3 Å². The van der Waals surface area contributed by atoms with Crippen LogP contribution in [0.15, 0.2) is 30.3 Å². The highest BCUT2D eigenvalue weighted by Gasteiger charge is 2.26. The Morgan fingerprint density at radius 1 is 1.50 bits per heavy atom. The molecule has 0 aliphatic carbocycles. The number of amides is 1. The highest BCUT2D eigenvalue weighted by atomic mass is 16.3. The van der Waals surface area contributed by atoms with Crippen molar-refractivity contribution in [1.29, 1.82) is 5.26 Å². The monoisotopic (exact) mass is 246 g/mol. The smallest absolute Gasteiger partial charge is 0.223 e. The number of carbonyl (C=O) groups is 1. The summed E-state index contributed by atoms with van der Waals surface area (Å²) in [5, 5.41) is 21.5. The van der Waals surface area contributed by atoms with Gasteiger partial charge in [-0.3, -0.25) is 4.79 Å². The zero-order valence-electron chi connectivity index (χ0n) is 10.7. The Morgan fingerprint density at radius 2 is 2.11 bits per heavy atom. The molecule has 0 heterocycles. The first-order valence-corrected chi connectivity index (χ1v) is 5.90. The number of hydrogen-bond acceptors (Lipinski definition) is 3. The summed E-state index contributed by atoms with van der Waals surface area (Å²) in [5.74, 6) is -0.258. The summed E-state index contributed by atoms with van der Waals surface area (Å²) in [7, 11) is 0. The maximum absolute atomic E-state index is 11.7. The Kier molecular flexibility index (Phi) is 4.87. The van der Waals surface area contributed by atoms with Gasteiger partial charge in [0.05, 0.1) is 24.5 Å². The molecule has 0 bridgehead atoms. The Labute approximate surface area is 107 Å². The first-order valence-electron chi connectivity index (χ1n) is 5.90. The summed E-state index contributed by atoms with van der Waals surface area (Å²) in [4.78, 5) is 11.7. The van der Waals surface area contributed by atoms with E-state index in [4.69, 9.17) is 5.26 Å². The molecular formula is C14H18N2O2. The number of benzene rings is 1. The molecule has 2 unspecified atom stereocenters. The lowest BCUT2D eigenvalue weighted by molar-refractivity contribution is -0.126. The fourth-order valence-corrected chi connectivity index (χ4v) is 1.73. The van der Waals surface area contributed by atoms with E-state index in [2.05, 4.69) is 5.32 Å². The number of nitriles is 1. The largest absolute Gasteiger partial charge is 0.385 e. The molecule has 18 heavy (non-hydrogen) atoms. The lowest BCUT2D eigenvalue weighted by Crippen LogP contribution is -2.37.